The molecule has 0 radical (unpaired) electrons. The minimum Gasteiger partial charge on any atom is -0.491 e. The first-order chi connectivity index (χ1) is 18.6. The van der Waals surface area contributed by atoms with Crippen LogP contribution in [0.4, 0.5) is 4.39 Å². The summed E-state index contributed by atoms with van der Waals surface area (Å²) in [4.78, 5) is 45.9. The normalized spacial score (nSPS) is 16.7. The average molecular weight is 536 g/mol. The largest absolute Gasteiger partial charge is 0.491 e. The fraction of sp³-hybridized carbons (Fsp3) is 0.379. The van der Waals surface area contributed by atoms with E-state index in [1.807, 2.05) is 45.0 Å². The zero-order chi connectivity index (χ0) is 28.2. The third kappa shape index (κ3) is 6.10. The van der Waals surface area contributed by atoms with Crippen molar-refractivity contribution in [3.63, 3.8) is 0 Å². The summed E-state index contributed by atoms with van der Waals surface area (Å²) in [6, 6.07) is 13.3. The number of benzene rings is 2. The molecule has 4 rings (SSSR count). The van der Waals surface area contributed by atoms with Gasteiger partial charge in [0.1, 0.15) is 22.8 Å². The van der Waals surface area contributed by atoms with Crippen molar-refractivity contribution in [3.05, 3.63) is 83.2 Å². The van der Waals surface area contributed by atoms with Gasteiger partial charge in [-0.1, -0.05) is 31.2 Å². The van der Waals surface area contributed by atoms with Crippen molar-refractivity contribution in [3.8, 4) is 5.75 Å². The Morgan fingerprint density at radius 3 is 2.28 bits per heavy atom. The molecule has 206 valence electrons. The monoisotopic (exact) mass is 535 g/mol. The molecule has 10 heteroatoms. The first-order valence-electron chi connectivity index (χ1n) is 13.1. The first kappa shape index (κ1) is 27.8. The summed E-state index contributed by atoms with van der Waals surface area (Å²) in [5.41, 5.74) is 0.591. The molecule has 2 N–H and O–H groups in total. The smallest absolute Gasteiger partial charge is 0.273 e. The van der Waals surface area contributed by atoms with E-state index >= 15 is 0 Å². The number of halogens is 1. The number of hydrogen-bond donors (Lipinski definition) is 2. The Bertz CT molecular complexity index is 1340. The van der Waals surface area contributed by atoms with Crippen LogP contribution in [0.2, 0.25) is 0 Å². The molecule has 3 aromatic rings. The number of nitrogens with zero attached hydrogens (tertiary/aromatic N) is 3. The number of ether oxygens (including phenoxy) is 1. The van der Waals surface area contributed by atoms with E-state index in [2.05, 4.69) is 15.6 Å². The summed E-state index contributed by atoms with van der Waals surface area (Å²) in [5.74, 6) is -0.857. The zero-order valence-electron chi connectivity index (χ0n) is 22.7. The summed E-state index contributed by atoms with van der Waals surface area (Å²) < 4.78 is 20.4. The molecule has 0 aliphatic carbocycles. The van der Waals surface area contributed by atoms with E-state index in [4.69, 9.17) is 4.74 Å². The average Bonchev–Trinajstić information content (AvgIpc) is 3.33. The van der Waals surface area contributed by atoms with Gasteiger partial charge in [0.05, 0.1) is 19.0 Å². The van der Waals surface area contributed by atoms with Gasteiger partial charge >= 0.3 is 0 Å². The maximum absolute atomic E-state index is 13.7. The van der Waals surface area contributed by atoms with Crippen LogP contribution in [-0.4, -0.2) is 50.4 Å². The molecule has 0 saturated carbocycles. The summed E-state index contributed by atoms with van der Waals surface area (Å²) in [5, 5.41) is 5.71. The van der Waals surface area contributed by atoms with Gasteiger partial charge in [-0.15, -0.1) is 0 Å². The molecule has 1 aliphatic rings. The van der Waals surface area contributed by atoms with Crippen molar-refractivity contribution in [2.45, 2.75) is 65.4 Å². The molecule has 1 aromatic heterocycles. The van der Waals surface area contributed by atoms with Crippen LogP contribution >= 0.6 is 0 Å². The van der Waals surface area contributed by atoms with E-state index in [9.17, 15) is 18.8 Å². The number of carbonyl (C=O) groups excluding carboxylic acids is 3. The molecule has 0 unspecified atom stereocenters. The highest BCUT2D eigenvalue weighted by Crippen LogP contribution is 2.29. The van der Waals surface area contributed by atoms with Crippen molar-refractivity contribution >= 4 is 17.7 Å². The zero-order valence-corrected chi connectivity index (χ0v) is 22.7. The number of amides is 3. The molecule has 39 heavy (non-hydrogen) atoms. The van der Waals surface area contributed by atoms with Gasteiger partial charge in [0.2, 0.25) is 5.91 Å². The van der Waals surface area contributed by atoms with Crippen LogP contribution in [0.1, 0.15) is 66.2 Å². The summed E-state index contributed by atoms with van der Waals surface area (Å²) in [7, 11) is 0. The van der Waals surface area contributed by atoms with Gasteiger partial charge in [-0.2, -0.15) is 0 Å². The number of fused-ring (bicyclic) bond motifs is 1. The van der Waals surface area contributed by atoms with Crippen molar-refractivity contribution in [1.82, 2.24) is 25.1 Å². The Morgan fingerprint density at radius 2 is 1.67 bits per heavy atom. The van der Waals surface area contributed by atoms with Gasteiger partial charge < -0.3 is 24.8 Å². The van der Waals surface area contributed by atoms with Gasteiger partial charge in [-0.3, -0.25) is 14.4 Å². The highest BCUT2D eigenvalue weighted by atomic mass is 19.1. The molecular formula is C29H34FN5O4. The Balaban J connectivity index is 1.48. The number of carbonyl (C=O) groups is 3. The van der Waals surface area contributed by atoms with E-state index in [0.717, 1.165) is 16.9 Å². The Hall–Kier alpha value is -4.21. The second-order valence-electron chi connectivity index (χ2n) is 10.1. The highest BCUT2D eigenvalue weighted by molar-refractivity contribution is 6.07. The molecule has 0 spiro atoms. The minimum absolute atomic E-state index is 0.0228. The molecule has 2 aromatic carbocycles. The summed E-state index contributed by atoms with van der Waals surface area (Å²) >= 11 is 0. The third-order valence-electron chi connectivity index (χ3n) is 6.63. The second-order valence-corrected chi connectivity index (χ2v) is 10.1. The number of nitrogens with one attached hydrogen (secondary N) is 2. The number of rotatable bonds is 10. The van der Waals surface area contributed by atoms with Crippen LogP contribution in [0.25, 0.3) is 0 Å². The number of hydrogen-bond acceptors (Lipinski definition) is 5. The third-order valence-corrected chi connectivity index (χ3v) is 6.63. The van der Waals surface area contributed by atoms with Gasteiger partial charge in [0.15, 0.2) is 5.69 Å². The molecule has 0 fully saturated rings. The molecule has 3 amide bonds. The summed E-state index contributed by atoms with van der Waals surface area (Å²) in [6.45, 7) is 8.44. The molecule has 2 heterocycles. The van der Waals surface area contributed by atoms with E-state index < -0.39 is 17.4 Å². The highest BCUT2D eigenvalue weighted by Gasteiger charge is 2.48. The van der Waals surface area contributed by atoms with E-state index in [1.54, 1.807) is 23.6 Å². The van der Waals surface area contributed by atoms with Crippen molar-refractivity contribution < 1.29 is 23.5 Å². The van der Waals surface area contributed by atoms with Crippen molar-refractivity contribution in [2.24, 2.45) is 0 Å². The molecule has 1 aliphatic heterocycles. The lowest BCUT2D eigenvalue weighted by molar-refractivity contribution is -0.133. The van der Waals surface area contributed by atoms with Crippen LogP contribution in [0.3, 0.4) is 0 Å². The van der Waals surface area contributed by atoms with Crippen molar-refractivity contribution in [2.75, 3.05) is 6.54 Å². The fourth-order valence-electron chi connectivity index (χ4n) is 4.63. The molecule has 9 nitrogen and oxygen atoms in total. The first-order valence-corrected chi connectivity index (χ1v) is 13.1. The topological polar surface area (TPSA) is 106 Å². The number of aromatic nitrogens is 2. The maximum atomic E-state index is 13.7. The van der Waals surface area contributed by atoms with Crippen LogP contribution in [0.5, 0.6) is 5.75 Å². The Morgan fingerprint density at radius 1 is 1.05 bits per heavy atom. The van der Waals surface area contributed by atoms with Crippen LogP contribution < -0.4 is 15.4 Å². The fourth-order valence-corrected chi connectivity index (χ4v) is 4.63. The molecule has 0 saturated heterocycles. The number of imidazole rings is 1. The van der Waals surface area contributed by atoms with Crippen molar-refractivity contribution in [1.29, 1.82) is 0 Å². The lowest BCUT2D eigenvalue weighted by Crippen LogP contribution is -2.64. The molecular weight excluding hydrogens is 501 g/mol. The van der Waals surface area contributed by atoms with Crippen LogP contribution in [-0.2, 0) is 24.4 Å². The van der Waals surface area contributed by atoms with Crippen LogP contribution in [0.15, 0.2) is 54.9 Å². The van der Waals surface area contributed by atoms with E-state index in [0.29, 0.717) is 13.0 Å². The SMILES string of the molecule is CCCN1C(=O)c2c(C(=O)NCc3ccc(OC(C)C)cc3)ncn2C[C@]1(C)C(=O)NCc1ccc(F)cc1. The lowest BCUT2D eigenvalue weighted by Gasteiger charge is -2.43. The van der Waals surface area contributed by atoms with Gasteiger partial charge in [-0.05, 0) is 62.6 Å². The Kier molecular flexibility index (Phi) is 8.32. The van der Waals surface area contributed by atoms with E-state index in [1.165, 1.54) is 23.4 Å². The van der Waals surface area contributed by atoms with Gasteiger partial charge in [0.25, 0.3) is 11.8 Å². The summed E-state index contributed by atoms with van der Waals surface area (Å²) in [6.07, 6.45) is 2.11. The van der Waals surface area contributed by atoms with Gasteiger partial charge in [-0.25, -0.2) is 9.37 Å². The second kappa shape index (κ2) is 11.7. The Labute approximate surface area is 227 Å². The predicted octanol–water partition coefficient (Wildman–Crippen LogP) is 3.68. The van der Waals surface area contributed by atoms with Gasteiger partial charge in [0, 0.05) is 19.6 Å². The quantitative estimate of drug-likeness (QED) is 0.412. The van der Waals surface area contributed by atoms with Crippen LogP contribution in [0, 0.1) is 5.82 Å². The maximum Gasteiger partial charge on any atom is 0.273 e. The standard InChI is InChI=1S/C29H34FN5O4/c1-5-14-35-27(37)25-24(26(36)31-15-21-8-12-23(13-9-21)39-19(2)3)33-18-34(25)17-29(35,4)28(38)32-16-20-6-10-22(30)11-7-20/h6-13,18-19H,5,14-17H2,1-4H3,(H,31,36)(H,32,38)/t29-/m1/s1. The predicted molar refractivity (Wildman–Crippen MR) is 144 cm³/mol. The molecule has 1 atom stereocenters. The van der Waals surface area contributed by atoms with E-state index in [-0.39, 0.29) is 48.9 Å². The lowest BCUT2D eigenvalue weighted by atomic mass is 9.94. The molecule has 0 bridgehead atoms. The minimum atomic E-state index is -1.20.